The number of hydrogen-bond acceptors (Lipinski definition) is 4. The largest absolute Gasteiger partial charge is 0.370 e. The highest BCUT2D eigenvalue weighted by Crippen LogP contribution is 2.25. The van der Waals surface area contributed by atoms with Crippen LogP contribution in [0.15, 0.2) is 23.2 Å². The number of hydrogen-bond donors (Lipinski definition) is 1. The Labute approximate surface area is 155 Å². The van der Waals surface area contributed by atoms with E-state index in [9.17, 15) is 0 Å². The Hall–Kier alpha value is -2.41. The molecular formula is C19H28N6O. The molecule has 0 aliphatic carbocycles. The second-order valence-electron chi connectivity index (χ2n) is 6.79. The van der Waals surface area contributed by atoms with Crippen LogP contribution in [-0.2, 0) is 18.3 Å². The average Bonchev–Trinajstić information content (AvgIpc) is 2.94. The molecular weight excluding hydrogens is 328 g/mol. The van der Waals surface area contributed by atoms with Gasteiger partial charge in [-0.25, -0.2) is 0 Å². The van der Waals surface area contributed by atoms with Crippen molar-refractivity contribution in [2.45, 2.75) is 33.4 Å². The van der Waals surface area contributed by atoms with Crippen molar-refractivity contribution < 1.29 is 4.74 Å². The molecule has 0 radical (unpaired) electrons. The van der Waals surface area contributed by atoms with Crippen LogP contribution >= 0.6 is 0 Å². The van der Waals surface area contributed by atoms with Gasteiger partial charge in [0.25, 0.3) is 0 Å². The second-order valence-corrected chi connectivity index (χ2v) is 6.79. The first kappa shape index (κ1) is 18.4. The second kappa shape index (κ2) is 7.86. The fraction of sp³-hybridized carbons (Fsp3) is 0.526. The van der Waals surface area contributed by atoms with Gasteiger partial charge in [-0.2, -0.15) is 0 Å². The summed E-state index contributed by atoms with van der Waals surface area (Å²) >= 11 is 0. The van der Waals surface area contributed by atoms with E-state index in [0.29, 0.717) is 13.2 Å². The van der Waals surface area contributed by atoms with Crippen LogP contribution in [-0.4, -0.2) is 52.4 Å². The number of nitrogens with zero attached hydrogens (tertiary/aromatic N) is 5. The smallest absolute Gasteiger partial charge is 0.194 e. The normalized spacial score (nSPS) is 18.3. The van der Waals surface area contributed by atoms with Gasteiger partial charge in [-0.3, -0.25) is 4.99 Å². The van der Waals surface area contributed by atoms with Crippen molar-refractivity contribution in [3.8, 4) is 0 Å². The van der Waals surface area contributed by atoms with Gasteiger partial charge in [0.05, 0.1) is 19.7 Å². The lowest BCUT2D eigenvalue weighted by molar-refractivity contribution is -0.00835. The molecule has 7 heteroatoms. The van der Waals surface area contributed by atoms with Crippen LogP contribution in [0.2, 0.25) is 0 Å². The first-order valence-electron chi connectivity index (χ1n) is 8.98. The maximum Gasteiger partial charge on any atom is 0.194 e. The molecule has 26 heavy (non-hydrogen) atoms. The highest BCUT2D eigenvalue weighted by Gasteiger charge is 2.25. The van der Waals surface area contributed by atoms with Crippen LogP contribution < -0.4 is 5.32 Å². The molecule has 1 unspecified atom stereocenters. The van der Waals surface area contributed by atoms with Crippen LogP contribution in [0.25, 0.3) is 0 Å². The summed E-state index contributed by atoms with van der Waals surface area (Å²) in [6, 6.07) is 6.53. The third-order valence-electron chi connectivity index (χ3n) is 4.94. The van der Waals surface area contributed by atoms with Crippen LogP contribution in [0.5, 0.6) is 0 Å². The lowest BCUT2D eigenvalue weighted by atomic mass is 10.00. The number of aromatic nitrogens is 3. The zero-order valence-electron chi connectivity index (χ0n) is 16.3. The number of benzene rings is 1. The van der Waals surface area contributed by atoms with Crippen LogP contribution in [0, 0.1) is 20.8 Å². The lowest BCUT2D eigenvalue weighted by Gasteiger charge is -2.35. The first-order chi connectivity index (χ1) is 12.5. The van der Waals surface area contributed by atoms with Crippen molar-refractivity contribution >= 4 is 5.96 Å². The van der Waals surface area contributed by atoms with E-state index >= 15 is 0 Å². The average molecular weight is 356 g/mol. The fourth-order valence-corrected chi connectivity index (χ4v) is 3.31. The molecule has 1 saturated heterocycles. The summed E-state index contributed by atoms with van der Waals surface area (Å²) in [4.78, 5) is 6.69. The van der Waals surface area contributed by atoms with Crippen molar-refractivity contribution in [3.05, 3.63) is 46.5 Å². The number of nitrogens with one attached hydrogen (secondary N) is 1. The summed E-state index contributed by atoms with van der Waals surface area (Å²) in [6.07, 6.45) is 0.0555. The van der Waals surface area contributed by atoms with E-state index in [0.717, 1.165) is 30.7 Å². The summed E-state index contributed by atoms with van der Waals surface area (Å²) in [5, 5.41) is 11.7. The molecule has 2 aromatic rings. The maximum atomic E-state index is 6.04. The Kier molecular flexibility index (Phi) is 5.56. The van der Waals surface area contributed by atoms with E-state index in [1.54, 1.807) is 0 Å². The Morgan fingerprint density at radius 1 is 1.31 bits per heavy atom. The van der Waals surface area contributed by atoms with E-state index in [4.69, 9.17) is 4.74 Å². The van der Waals surface area contributed by atoms with E-state index in [1.807, 2.05) is 25.6 Å². The molecule has 0 saturated carbocycles. The summed E-state index contributed by atoms with van der Waals surface area (Å²) < 4.78 is 8.03. The van der Waals surface area contributed by atoms with Gasteiger partial charge < -0.3 is 19.5 Å². The van der Waals surface area contributed by atoms with Gasteiger partial charge >= 0.3 is 0 Å². The molecule has 140 valence electrons. The summed E-state index contributed by atoms with van der Waals surface area (Å²) in [6.45, 7) is 9.08. The Balaban J connectivity index is 1.68. The van der Waals surface area contributed by atoms with Crippen molar-refractivity contribution in [1.29, 1.82) is 0 Å². The molecule has 1 aromatic heterocycles. The van der Waals surface area contributed by atoms with Crippen molar-refractivity contribution in [3.63, 3.8) is 0 Å². The summed E-state index contributed by atoms with van der Waals surface area (Å²) in [5.74, 6) is 2.66. The molecule has 1 N–H and O–H groups in total. The number of rotatable bonds is 3. The molecule has 1 aliphatic heterocycles. The number of aryl methyl sites for hydroxylation is 3. The minimum atomic E-state index is 0.0555. The molecule has 0 spiro atoms. The minimum absolute atomic E-state index is 0.0555. The highest BCUT2D eigenvalue weighted by molar-refractivity contribution is 5.80. The molecule has 7 nitrogen and oxygen atoms in total. The Bertz CT molecular complexity index is 797. The maximum absolute atomic E-state index is 6.04. The first-order valence-corrected chi connectivity index (χ1v) is 8.98. The van der Waals surface area contributed by atoms with E-state index < -0.39 is 0 Å². The number of aliphatic imine (C=N–C) groups is 1. The number of morpholine rings is 1. The van der Waals surface area contributed by atoms with Gasteiger partial charge in [-0.1, -0.05) is 23.8 Å². The highest BCUT2D eigenvalue weighted by atomic mass is 16.5. The van der Waals surface area contributed by atoms with Crippen molar-refractivity contribution in [2.75, 3.05) is 26.7 Å². The minimum Gasteiger partial charge on any atom is -0.370 e. The van der Waals surface area contributed by atoms with E-state index in [2.05, 4.69) is 57.5 Å². The van der Waals surface area contributed by atoms with Gasteiger partial charge in [0.15, 0.2) is 11.8 Å². The topological polar surface area (TPSA) is 67.6 Å². The molecule has 1 aliphatic rings. The number of guanidine groups is 1. The quantitative estimate of drug-likeness (QED) is 0.672. The summed E-state index contributed by atoms with van der Waals surface area (Å²) in [5.41, 5.74) is 3.80. The van der Waals surface area contributed by atoms with E-state index in [1.165, 1.54) is 16.7 Å². The van der Waals surface area contributed by atoms with Crippen molar-refractivity contribution in [2.24, 2.45) is 12.0 Å². The Morgan fingerprint density at radius 3 is 2.77 bits per heavy atom. The van der Waals surface area contributed by atoms with E-state index in [-0.39, 0.29) is 6.10 Å². The molecule has 2 heterocycles. The molecule has 0 bridgehead atoms. The van der Waals surface area contributed by atoms with Gasteiger partial charge in [0.1, 0.15) is 11.9 Å². The molecule has 1 atom stereocenters. The van der Waals surface area contributed by atoms with Gasteiger partial charge in [-0.15, -0.1) is 10.2 Å². The predicted octanol–water partition coefficient (Wildman–Crippen LogP) is 1.89. The standard InChI is InChI=1S/C19H28N6O/c1-13-6-7-16(14(2)10-13)17-12-25(8-9-26-17)19(20-4)21-11-18-23-22-15(3)24(18)5/h6-7,10,17H,8-9,11-12H2,1-5H3,(H,20,21). The van der Waals surface area contributed by atoms with Gasteiger partial charge in [0.2, 0.25) is 0 Å². The number of ether oxygens (including phenoxy) is 1. The van der Waals surface area contributed by atoms with Crippen molar-refractivity contribution in [1.82, 2.24) is 25.0 Å². The Morgan fingerprint density at radius 2 is 2.12 bits per heavy atom. The zero-order valence-corrected chi connectivity index (χ0v) is 16.3. The van der Waals surface area contributed by atoms with Crippen LogP contribution in [0.4, 0.5) is 0 Å². The van der Waals surface area contributed by atoms with Gasteiger partial charge in [-0.05, 0) is 31.9 Å². The fourth-order valence-electron chi connectivity index (χ4n) is 3.31. The molecule has 1 fully saturated rings. The molecule has 0 amide bonds. The van der Waals surface area contributed by atoms with Crippen LogP contribution in [0.1, 0.15) is 34.4 Å². The third kappa shape index (κ3) is 3.88. The van der Waals surface area contributed by atoms with Gasteiger partial charge in [0, 0.05) is 20.6 Å². The van der Waals surface area contributed by atoms with Crippen LogP contribution in [0.3, 0.4) is 0 Å². The monoisotopic (exact) mass is 356 g/mol. The summed E-state index contributed by atoms with van der Waals surface area (Å²) in [7, 11) is 3.78. The third-order valence-corrected chi connectivity index (χ3v) is 4.94. The predicted molar refractivity (Wildman–Crippen MR) is 102 cm³/mol. The molecule has 3 rings (SSSR count). The lowest BCUT2D eigenvalue weighted by Crippen LogP contribution is -2.48. The zero-order chi connectivity index (χ0) is 18.7. The molecule has 1 aromatic carbocycles. The SMILES string of the molecule is CN=C(NCc1nnc(C)n1C)N1CCOC(c2ccc(C)cc2C)C1.